The van der Waals surface area contributed by atoms with Gasteiger partial charge in [-0.15, -0.1) is 0 Å². The van der Waals surface area contributed by atoms with E-state index >= 15 is 0 Å². The summed E-state index contributed by atoms with van der Waals surface area (Å²) in [6.07, 6.45) is 13.9. The Morgan fingerprint density at radius 1 is 1.25 bits per heavy atom. The quantitative estimate of drug-likeness (QED) is 0.426. The molecule has 0 radical (unpaired) electrons. The zero-order chi connectivity index (χ0) is 17.6. The van der Waals surface area contributed by atoms with Crippen LogP contribution >= 0.6 is 0 Å². The monoisotopic (exact) mass is 331 g/mol. The minimum absolute atomic E-state index is 0.109. The van der Waals surface area contributed by atoms with Crippen molar-refractivity contribution in [3.63, 3.8) is 0 Å². The molecular weight excluding hydrogens is 306 g/mol. The number of nitrogens with zero attached hydrogens (tertiary/aromatic N) is 1. The van der Waals surface area contributed by atoms with Crippen LogP contribution in [0.2, 0.25) is 0 Å². The molecule has 0 amide bonds. The van der Waals surface area contributed by atoms with Gasteiger partial charge in [0, 0.05) is 17.7 Å². The van der Waals surface area contributed by atoms with Crippen LogP contribution < -0.4 is 0 Å². The average Bonchev–Trinajstić information content (AvgIpc) is 3.06. The third kappa shape index (κ3) is 3.07. The summed E-state index contributed by atoms with van der Waals surface area (Å²) in [5.74, 6) is -0.688. The van der Waals surface area contributed by atoms with E-state index in [0.29, 0.717) is 13.0 Å². The molecule has 3 unspecified atom stereocenters. The van der Waals surface area contributed by atoms with Crippen LogP contribution in [-0.2, 0) is 19.1 Å². The lowest BCUT2D eigenvalue weighted by Gasteiger charge is -2.47. The number of esters is 2. The second-order valence-electron chi connectivity index (χ2n) is 6.06. The highest BCUT2D eigenvalue weighted by Crippen LogP contribution is 2.52. The molecule has 130 valence electrons. The van der Waals surface area contributed by atoms with Crippen molar-refractivity contribution in [1.29, 1.82) is 0 Å². The standard InChI is InChI=1S/C19H25NO4/c1-4-23-16(21)10-13-18(11-7-6-9-15(18)3)19(12-8-14-20-19)17(22)24-5-2/h6-8,10,12-15H,4-5,9,11H2,1-3H3. The summed E-state index contributed by atoms with van der Waals surface area (Å²) in [6.45, 7) is 6.21. The first-order valence-corrected chi connectivity index (χ1v) is 8.43. The topological polar surface area (TPSA) is 65.0 Å². The van der Waals surface area contributed by atoms with E-state index in [4.69, 9.17) is 9.47 Å². The summed E-state index contributed by atoms with van der Waals surface area (Å²) in [7, 11) is 0. The third-order valence-corrected chi connectivity index (χ3v) is 4.79. The first-order chi connectivity index (χ1) is 11.5. The van der Waals surface area contributed by atoms with Crippen molar-refractivity contribution in [3.8, 4) is 0 Å². The fourth-order valence-electron chi connectivity index (χ4n) is 3.50. The number of ether oxygens (including phenoxy) is 2. The van der Waals surface area contributed by atoms with E-state index < -0.39 is 16.9 Å². The van der Waals surface area contributed by atoms with E-state index in [1.165, 1.54) is 6.08 Å². The van der Waals surface area contributed by atoms with Crippen molar-refractivity contribution < 1.29 is 19.1 Å². The molecule has 0 bridgehead atoms. The summed E-state index contributed by atoms with van der Waals surface area (Å²) < 4.78 is 10.3. The van der Waals surface area contributed by atoms with Crippen LogP contribution in [0, 0.1) is 11.3 Å². The normalized spacial score (nSPS) is 31.5. The molecule has 0 aromatic rings. The maximum atomic E-state index is 12.8. The van der Waals surface area contributed by atoms with Gasteiger partial charge in [0.05, 0.1) is 13.2 Å². The Labute approximate surface area is 143 Å². The molecule has 0 N–H and O–H groups in total. The van der Waals surface area contributed by atoms with Crippen LogP contribution in [-0.4, -0.2) is 36.9 Å². The summed E-state index contributed by atoms with van der Waals surface area (Å²) in [5, 5.41) is 0. The summed E-state index contributed by atoms with van der Waals surface area (Å²) in [6, 6.07) is 0. The van der Waals surface area contributed by atoms with Crippen molar-refractivity contribution in [1.82, 2.24) is 0 Å². The Morgan fingerprint density at radius 3 is 2.58 bits per heavy atom. The van der Waals surface area contributed by atoms with Gasteiger partial charge in [-0.05, 0) is 44.8 Å². The lowest BCUT2D eigenvalue weighted by Crippen LogP contribution is -2.54. The SMILES string of the molecule is CCOC(=O)C=CC1(C2(C(=O)OCC)C=CC=N2)CC=CCC1C. The number of allylic oxidation sites excluding steroid dienone is 3. The van der Waals surface area contributed by atoms with E-state index in [-0.39, 0.29) is 18.5 Å². The smallest absolute Gasteiger partial charge is 0.338 e. The largest absolute Gasteiger partial charge is 0.464 e. The van der Waals surface area contributed by atoms with Gasteiger partial charge in [-0.3, -0.25) is 4.99 Å². The molecule has 0 spiro atoms. The van der Waals surface area contributed by atoms with E-state index in [2.05, 4.69) is 18.0 Å². The molecule has 5 nitrogen and oxygen atoms in total. The Morgan fingerprint density at radius 2 is 2.00 bits per heavy atom. The van der Waals surface area contributed by atoms with Gasteiger partial charge < -0.3 is 9.47 Å². The maximum absolute atomic E-state index is 12.8. The number of hydrogen-bond acceptors (Lipinski definition) is 5. The van der Waals surface area contributed by atoms with E-state index in [1.54, 1.807) is 38.3 Å². The van der Waals surface area contributed by atoms with Crippen LogP contribution in [0.3, 0.4) is 0 Å². The van der Waals surface area contributed by atoms with Crippen molar-refractivity contribution in [2.45, 2.75) is 39.2 Å². The zero-order valence-electron chi connectivity index (χ0n) is 14.5. The van der Waals surface area contributed by atoms with Gasteiger partial charge in [0.1, 0.15) is 0 Å². The summed E-state index contributed by atoms with van der Waals surface area (Å²) in [4.78, 5) is 29.2. The van der Waals surface area contributed by atoms with Crippen LogP contribution in [0.1, 0.15) is 33.6 Å². The van der Waals surface area contributed by atoms with Crippen molar-refractivity contribution in [3.05, 3.63) is 36.5 Å². The van der Waals surface area contributed by atoms with Crippen LogP contribution in [0.15, 0.2) is 41.4 Å². The predicted octanol–water partition coefficient (Wildman–Crippen LogP) is 3.02. The molecule has 1 aliphatic heterocycles. The Hall–Kier alpha value is -2.17. The number of aliphatic imine (C=N–C) groups is 1. The van der Waals surface area contributed by atoms with E-state index in [0.717, 1.165) is 6.42 Å². The highest BCUT2D eigenvalue weighted by molar-refractivity contribution is 5.93. The lowest BCUT2D eigenvalue weighted by molar-refractivity contribution is -0.152. The number of carbonyl (C=O) groups excluding carboxylic acids is 2. The molecular formula is C19H25NO4. The molecule has 5 heteroatoms. The second-order valence-corrected chi connectivity index (χ2v) is 6.06. The van der Waals surface area contributed by atoms with Gasteiger partial charge in [-0.2, -0.15) is 0 Å². The minimum Gasteiger partial charge on any atom is -0.464 e. The molecule has 24 heavy (non-hydrogen) atoms. The second kappa shape index (κ2) is 7.60. The number of rotatable bonds is 6. The molecule has 2 aliphatic rings. The fourth-order valence-corrected chi connectivity index (χ4v) is 3.50. The van der Waals surface area contributed by atoms with Crippen molar-refractivity contribution in [2.75, 3.05) is 13.2 Å². The molecule has 3 atom stereocenters. The van der Waals surface area contributed by atoms with Gasteiger partial charge in [-0.1, -0.05) is 25.2 Å². The molecule has 2 rings (SSSR count). The predicted molar refractivity (Wildman–Crippen MR) is 92.7 cm³/mol. The van der Waals surface area contributed by atoms with Crippen LogP contribution in [0.5, 0.6) is 0 Å². The van der Waals surface area contributed by atoms with Crippen LogP contribution in [0.25, 0.3) is 0 Å². The first-order valence-electron chi connectivity index (χ1n) is 8.43. The minimum atomic E-state index is -1.14. The third-order valence-electron chi connectivity index (χ3n) is 4.79. The lowest BCUT2D eigenvalue weighted by atomic mass is 9.58. The van der Waals surface area contributed by atoms with Crippen molar-refractivity contribution in [2.24, 2.45) is 16.3 Å². The highest BCUT2D eigenvalue weighted by atomic mass is 16.5. The summed E-state index contributed by atoms with van der Waals surface area (Å²) in [5.41, 5.74) is -1.81. The first kappa shape index (κ1) is 18.2. The Balaban J connectivity index is 2.50. The molecule has 0 saturated carbocycles. The Kier molecular flexibility index (Phi) is 5.75. The molecule has 0 fully saturated rings. The maximum Gasteiger partial charge on any atom is 0.338 e. The molecule has 0 saturated heterocycles. The molecule has 1 heterocycles. The Bertz CT molecular complexity index is 590. The van der Waals surface area contributed by atoms with Gasteiger partial charge >= 0.3 is 11.9 Å². The molecule has 0 aromatic heterocycles. The van der Waals surface area contributed by atoms with Gasteiger partial charge in [0.2, 0.25) is 0 Å². The van der Waals surface area contributed by atoms with Gasteiger partial charge in [-0.25, -0.2) is 9.59 Å². The average molecular weight is 331 g/mol. The van der Waals surface area contributed by atoms with E-state index in [9.17, 15) is 9.59 Å². The molecule has 1 aliphatic carbocycles. The summed E-state index contributed by atoms with van der Waals surface area (Å²) >= 11 is 0. The molecule has 0 aromatic carbocycles. The van der Waals surface area contributed by atoms with Gasteiger partial charge in [0.15, 0.2) is 5.54 Å². The van der Waals surface area contributed by atoms with E-state index in [1.807, 2.05) is 6.08 Å². The van der Waals surface area contributed by atoms with Crippen LogP contribution in [0.4, 0.5) is 0 Å². The zero-order valence-corrected chi connectivity index (χ0v) is 14.5. The number of carbonyl (C=O) groups is 2. The highest BCUT2D eigenvalue weighted by Gasteiger charge is 2.58. The van der Waals surface area contributed by atoms with Crippen molar-refractivity contribution >= 4 is 18.2 Å². The van der Waals surface area contributed by atoms with Gasteiger partial charge in [0.25, 0.3) is 0 Å². The fraction of sp³-hybridized carbons (Fsp3) is 0.526. The number of hydrogen-bond donors (Lipinski definition) is 0.